The summed E-state index contributed by atoms with van der Waals surface area (Å²) < 4.78 is 33.5. The zero-order chi connectivity index (χ0) is 28.8. The van der Waals surface area contributed by atoms with Crippen LogP contribution in [-0.2, 0) is 38.6 Å². The van der Waals surface area contributed by atoms with Crippen molar-refractivity contribution in [2.24, 2.45) is 0 Å². The maximum Gasteiger partial charge on any atom is 0.410 e. The lowest BCUT2D eigenvalue weighted by Crippen LogP contribution is -2.35. The highest BCUT2D eigenvalue weighted by Crippen LogP contribution is 2.35. The molecule has 1 saturated heterocycles. The Morgan fingerprint density at radius 1 is 1.02 bits per heavy atom. The number of nitrogens with zero attached hydrogens (tertiary/aromatic N) is 1. The minimum absolute atomic E-state index is 0.307. The second kappa shape index (κ2) is 12.6. The van der Waals surface area contributed by atoms with E-state index in [9.17, 15) is 9.59 Å². The van der Waals surface area contributed by atoms with Crippen LogP contribution in [0.25, 0.3) is 0 Å². The molecule has 0 unspecified atom stereocenters. The van der Waals surface area contributed by atoms with E-state index in [4.69, 9.17) is 28.4 Å². The van der Waals surface area contributed by atoms with E-state index < -0.39 is 5.79 Å². The molecule has 0 spiro atoms. The lowest BCUT2D eigenvalue weighted by Gasteiger charge is -2.32. The van der Waals surface area contributed by atoms with Crippen molar-refractivity contribution in [1.29, 1.82) is 0 Å². The molecular weight excluding hydrogens is 526 g/mol. The smallest absolute Gasteiger partial charge is 0.410 e. The number of hydrogen-bond acceptors (Lipinski definition) is 8. The van der Waals surface area contributed by atoms with Gasteiger partial charge in [-0.1, -0.05) is 30.3 Å². The third-order valence-electron chi connectivity index (χ3n) is 6.98. The van der Waals surface area contributed by atoms with Crippen LogP contribution in [-0.4, -0.2) is 56.2 Å². The monoisotopic (exact) mass is 561 g/mol. The van der Waals surface area contributed by atoms with Crippen molar-refractivity contribution in [2.45, 2.75) is 45.4 Å². The van der Waals surface area contributed by atoms with Gasteiger partial charge in [0.2, 0.25) is 5.79 Å². The minimum atomic E-state index is -0.647. The third kappa shape index (κ3) is 7.36. The molecule has 0 aromatic heterocycles. The molecular formula is C32H35NO8. The summed E-state index contributed by atoms with van der Waals surface area (Å²) in [4.78, 5) is 25.9. The van der Waals surface area contributed by atoms with Crippen molar-refractivity contribution in [3.63, 3.8) is 0 Å². The Balaban J connectivity index is 1.03. The first-order chi connectivity index (χ1) is 19.8. The number of esters is 1. The summed E-state index contributed by atoms with van der Waals surface area (Å²) in [5.41, 5.74) is 4.38. The number of carbonyl (C=O) groups is 2. The molecule has 9 nitrogen and oxygen atoms in total. The Kier molecular flexibility index (Phi) is 8.75. The standard InChI is InChI=1S/C32H35NO8/c1-32(2)39-21-26-18-24(9-12-28(26)41-32)29-19-33(31(35)40-29)14-13-22-7-10-27(11-8-22)38-16-15-37-20-23-5-4-6-25(17-23)30(34)36-3/h4-12,17-18,29H,13-16,19-21H2,1-3H3/t29-/m0/s1. The molecule has 0 aliphatic carbocycles. The van der Waals surface area contributed by atoms with Crippen LogP contribution < -0.4 is 9.47 Å². The molecule has 1 atom stereocenters. The molecule has 0 bridgehead atoms. The summed E-state index contributed by atoms with van der Waals surface area (Å²) in [6.45, 7) is 6.47. The van der Waals surface area contributed by atoms with Crippen molar-refractivity contribution < 1.29 is 38.0 Å². The van der Waals surface area contributed by atoms with Gasteiger partial charge >= 0.3 is 12.1 Å². The number of rotatable bonds is 11. The molecule has 0 radical (unpaired) electrons. The van der Waals surface area contributed by atoms with Crippen LogP contribution >= 0.6 is 0 Å². The predicted octanol–water partition coefficient (Wildman–Crippen LogP) is 5.45. The Bertz CT molecular complexity index is 1370. The lowest BCUT2D eigenvalue weighted by atomic mass is 10.0. The summed E-state index contributed by atoms with van der Waals surface area (Å²) in [5.74, 6) is 0.527. The topological polar surface area (TPSA) is 92.8 Å². The van der Waals surface area contributed by atoms with E-state index in [2.05, 4.69) is 0 Å². The van der Waals surface area contributed by atoms with Crippen LogP contribution in [0.4, 0.5) is 4.79 Å². The SMILES string of the molecule is COC(=O)c1cccc(COCCOc2ccc(CCN3C[C@@H](c4ccc5c(c4)COC(C)(C)O5)OC3=O)cc2)c1. The second-order valence-corrected chi connectivity index (χ2v) is 10.5. The highest BCUT2D eigenvalue weighted by Gasteiger charge is 2.33. The molecule has 216 valence electrons. The first kappa shape index (κ1) is 28.4. The molecule has 41 heavy (non-hydrogen) atoms. The highest BCUT2D eigenvalue weighted by atomic mass is 16.7. The van der Waals surface area contributed by atoms with Crippen LogP contribution in [0.2, 0.25) is 0 Å². The van der Waals surface area contributed by atoms with E-state index in [-0.39, 0.29) is 18.2 Å². The van der Waals surface area contributed by atoms with Crippen molar-refractivity contribution in [3.05, 3.63) is 94.5 Å². The van der Waals surface area contributed by atoms with Crippen LogP contribution in [0.1, 0.15) is 52.6 Å². The second-order valence-electron chi connectivity index (χ2n) is 10.5. The van der Waals surface area contributed by atoms with Crippen LogP contribution in [0.15, 0.2) is 66.7 Å². The average molecular weight is 562 g/mol. The van der Waals surface area contributed by atoms with E-state index >= 15 is 0 Å². The van der Waals surface area contributed by atoms with Crippen LogP contribution in [0.5, 0.6) is 11.5 Å². The van der Waals surface area contributed by atoms with Gasteiger partial charge in [0, 0.05) is 26.0 Å². The van der Waals surface area contributed by atoms with Gasteiger partial charge in [-0.15, -0.1) is 0 Å². The Hall–Kier alpha value is -4.08. The normalized spacial score (nSPS) is 17.4. The quantitative estimate of drug-likeness (QED) is 0.225. The first-order valence-electron chi connectivity index (χ1n) is 13.7. The van der Waals surface area contributed by atoms with Gasteiger partial charge in [0.05, 0.1) is 39.0 Å². The van der Waals surface area contributed by atoms with Crippen molar-refractivity contribution in [1.82, 2.24) is 4.90 Å². The molecule has 2 aliphatic rings. The lowest BCUT2D eigenvalue weighted by molar-refractivity contribution is -0.180. The number of cyclic esters (lactones) is 1. The number of ether oxygens (including phenoxy) is 6. The van der Waals surface area contributed by atoms with E-state index in [1.165, 1.54) is 7.11 Å². The summed E-state index contributed by atoms with van der Waals surface area (Å²) in [5, 5.41) is 0. The van der Waals surface area contributed by atoms with Gasteiger partial charge in [0.25, 0.3) is 0 Å². The largest absolute Gasteiger partial charge is 0.491 e. The van der Waals surface area contributed by atoms with E-state index in [0.717, 1.165) is 33.8 Å². The number of fused-ring (bicyclic) bond motifs is 1. The van der Waals surface area contributed by atoms with Gasteiger partial charge < -0.3 is 33.3 Å². The van der Waals surface area contributed by atoms with Gasteiger partial charge in [-0.2, -0.15) is 0 Å². The number of methoxy groups -OCH3 is 1. The molecule has 0 saturated carbocycles. The fraction of sp³-hybridized carbons (Fsp3) is 0.375. The molecule has 2 heterocycles. The van der Waals surface area contributed by atoms with Crippen molar-refractivity contribution in [3.8, 4) is 11.5 Å². The van der Waals surface area contributed by atoms with Gasteiger partial charge in [-0.25, -0.2) is 9.59 Å². The zero-order valence-corrected chi connectivity index (χ0v) is 23.6. The fourth-order valence-electron chi connectivity index (χ4n) is 4.75. The van der Waals surface area contributed by atoms with Gasteiger partial charge in [-0.3, -0.25) is 0 Å². The van der Waals surface area contributed by atoms with E-state index in [1.54, 1.807) is 23.1 Å². The number of benzene rings is 3. The average Bonchev–Trinajstić information content (AvgIpc) is 3.35. The van der Waals surface area contributed by atoms with Gasteiger partial charge in [-0.05, 0) is 59.5 Å². The van der Waals surface area contributed by atoms with Gasteiger partial charge in [0.1, 0.15) is 24.2 Å². The highest BCUT2D eigenvalue weighted by molar-refractivity contribution is 5.89. The Morgan fingerprint density at radius 2 is 1.85 bits per heavy atom. The van der Waals surface area contributed by atoms with Crippen LogP contribution in [0.3, 0.4) is 0 Å². The fourth-order valence-corrected chi connectivity index (χ4v) is 4.75. The summed E-state index contributed by atoms with van der Waals surface area (Å²) in [7, 11) is 1.36. The van der Waals surface area contributed by atoms with Gasteiger partial charge in [0.15, 0.2) is 0 Å². The molecule has 3 aromatic rings. The van der Waals surface area contributed by atoms with Crippen molar-refractivity contribution >= 4 is 12.1 Å². The molecule has 2 aliphatic heterocycles. The maximum absolute atomic E-state index is 12.5. The summed E-state index contributed by atoms with van der Waals surface area (Å²) in [6, 6.07) is 20.9. The molecule has 5 rings (SSSR count). The Labute approximate surface area is 239 Å². The first-order valence-corrected chi connectivity index (χ1v) is 13.7. The maximum atomic E-state index is 12.5. The molecule has 9 heteroatoms. The Morgan fingerprint density at radius 3 is 2.66 bits per heavy atom. The van der Waals surface area contributed by atoms with E-state index in [1.807, 2.05) is 62.4 Å². The number of hydrogen-bond donors (Lipinski definition) is 0. The minimum Gasteiger partial charge on any atom is -0.491 e. The molecule has 3 aromatic carbocycles. The molecule has 0 N–H and O–H groups in total. The molecule has 1 amide bonds. The predicted molar refractivity (Wildman–Crippen MR) is 150 cm³/mol. The third-order valence-corrected chi connectivity index (χ3v) is 6.98. The molecule has 1 fully saturated rings. The van der Waals surface area contributed by atoms with Crippen LogP contribution in [0, 0.1) is 0 Å². The number of carbonyl (C=O) groups excluding carboxylic acids is 2. The van der Waals surface area contributed by atoms with E-state index in [0.29, 0.717) is 51.5 Å². The summed E-state index contributed by atoms with van der Waals surface area (Å²) >= 11 is 0. The zero-order valence-electron chi connectivity index (χ0n) is 23.6. The number of amides is 1. The van der Waals surface area contributed by atoms with Crippen molar-refractivity contribution in [2.75, 3.05) is 33.4 Å². The summed E-state index contributed by atoms with van der Waals surface area (Å²) in [6.07, 6.45) is 0.0763.